The van der Waals surface area contributed by atoms with Gasteiger partial charge in [-0.25, -0.2) is 4.79 Å². The third-order valence-electron chi connectivity index (χ3n) is 3.34. The Morgan fingerprint density at radius 3 is 3.10 bits per heavy atom. The topological polar surface area (TPSA) is 58.6 Å². The van der Waals surface area contributed by atoms with Gasteiger partial charge in [0.25, 0.3) is 0 Å². The van der Waals surface area contributed by atoms with Gasteiger partial charge in [0, 0.05) is 19.5 Å². The smallest absolute Gasteiger partial charge is 0.346 e. The van der Waals surface area contributed by atoms with Crippen molar-refractivity contribution in [3.63, 3.8) is 0 Å². The largest absolute Gasteiger partial charge is 0.493 e. The molecule has 2 heterocycles. The first-order valence-electron chi connectivity index (χ1n) is 6.49. The number of carboxylic acids is 1. The Morgan fingerprint density at radius 2 is 2.25 bits per heavy atom. The maximum absolute atomic E-state index is 11.0. The van der Waals surface area contributed by atoms with Gasteiger partial charge in [-0.05, 0) is 34.2 Å². The molecule has 104 valence electrons. The minimum Gasteiger partial charge on any atom is -0.493 e. The van der Waals surface area contributed by atoms with Crippen LogP contribution in [0.1, 0.15) is 26.4 Å². The molecule has 2 aromatic rings. The minimum absolute atomic E-state index is 0.417. The van der Waals surface area contributed by atoms with E-state index >= 15 is 0 Å². The number of benzene rings is 1. The molecule has 1 aromatic carbocycles. The van der Waals surface area contributed by atoms with Crippen LogP contribution in [-0.2, 0) is 19.5 Å². The lowest BCUT2D eigenvalue weighted by Gasteiger charge is -2.06. The van der Waals surface area contributed by atoms with Crippen molar-refractivity contribution in [2.75, 3.05) is 6.61 Å². The Bertz CT molecular complexity index is 636. The summed E-state index contributed by atoms with van der Waals surface area (Å²) in [4.78, 5) is 11.4. The fraction of sp³-hybridized carbons (Fsp3) is 0.267. The maximum atomic E-state index is 11.0. The number of rotatable bonds is 5. The van der Waals surface area contributed by atoms with Gasteiger partial charge in [-0.1, -0.05) is 12.1 Å². The number of ether oxygens (including phenoxy) is 1. The molecule has 0 fully saturated rings. The van der Waals surface area contributed by atoms with Crippen molar-refractivity contribution in [1.82, 2.24) is 5.32 Å². The number of hydrogen-bond donors (Lipinski definition) is 2. The second-order valence-electron chi connectivity index (χ2n) is 4.72. The molecule has 0 bridgehead atoms. The van der Waals surface area contributed by atoms with Crippen LogP contribution in [0.15, 0.2) is 29.6 Å². The molecule has 1 aliphatic rings. The number of hydrogen-bond acceptors (Lipinski definition) is 4. The summed E-state index contributed by atoms with van der Waals surface area (Å²) in [5, 5.41) is 14.2. The highest BCUT2D eigenvalue weighted by molar-refractivity contribution is 7.12. The van der Waals surface area contributed by atoms with E-state index in [9.17, 15) is 4.79 Å². The van der Waals surface area contributed by atoms with Crippen LogP contribution < -0.4 is 10.1 Å². The molecule has 0 saturated carbocycles. The average molecular weight is 289 g/mol. The van der Waals surface area contributed by atoms with E-state index in [1.807, 2.05) is 23.6 Å². The van der Waals surface area contributed by atoms with Gasteiger partial charge >= 0.3 is 5.97 Å². The first-order chi connectivity index (χ1) is 9.74. The molecule has 0 radical (unpaired) electrons. The van der Waals surface area contributed by atoms with E-state index in [1.165, 1.54) is 22.5 Å². The molecular weight excluding hydrogens is 274 g/mol. The van der Waals surface area contributed by atoms with Crippen LogP contribution in [0.5, 0.6) is 5.75 Å². The third-order valence-corrected chi connectivity index (χ3v) is 4.28. The van der Waals surface area contributed by atoms with Crippen molar-refractivity contribution in [3.05, 3.63) is 51.2 Å². The van der Waals surface area contributed by atoms with Gasteiger partial charge in [0.15, 0.2) is 0 Å². The zero-order valence-corrected chi connectivity index (χ0v) is 11.7. The van der Waals surface area contributed by atoms with E-state index in [4.69, 9.17) is 9.84 Å². The maximum Gasteiger partial charge on any atom is 0.346 e. The fourth-order valence-corrected chi connectivity index (χ4v) is 3.11. The quantitative estimate of drug-likeness (QED) is 0.888. The zero-order chi connectivity index (χ0) is 13.9. The van der Waals surface area contributed by atoms with Crippen LogP contribution in [0.2, 0.25) is 0 Å². The Kier molecular flexibility index (Phi) is 3.71. The van der Waals surface area contributed by atoms with E-state index in [-0.39, 0.29) is 0 Å². The van der Waals surface area contributed by atoms with Gasteiger partial charge in [0.2, 0.25) is 0 Å². The molecule has 20 heavy (non-hydrogen) atoms. The molecule has 0 unspecified atom stereocenters. The van der Waals surface area contributed by atoms with Crippen molar-refractivity contribution in [2.45, 2.75) is 19.5 Å². The summed E-state index contributed by atoms with van der Waals surface area (Å²) in [6, 6.07) is 8.06. The number of nitrogens with one attached hydrogen (secondary N) is 1. The molecule has 3 rings (SSSR count). The molecule has 0 spiro atoms. The first-order valence-corrected chi connectivity index (χ1v) is 7.37. The van der Waals surface area contributed by atoms with Crippen molar-refractivity contribution in [3.8, 4) is 5.75 Å². The van der Waals surface area contributed by atoms with Crippen molar-refractivity contribution < 1.29 is 14.6 Å². The molecule has 1 aliphatic heterocycles. The van der Waals surface area contributed by atoms with Gasteiger partial charge in [-0.2, -0.15) is 0 Å². The van der Waals surface area contributed by atoms with Crippen LogP contribution in [0.3, 0.4) is 0 Å². The second kappa shape index (κ2) is 5.64. The number of fused-ring (bicyclic) bond motifs is 1. The van der Waals surface area contributed by atoms with Gasteiger partial charge in [-0.3, -0.25) is 0 Å². The molecule has 5 heteroatoms. The second-order valence-corrected chi connectivity index (χ2v) is 5.64. The summed E-state index contributed by atoms with van der Waals surface area (Å²) in [6.45, 7) is 2.06. The van der Waals surface area contributed by atoms with Gasteiger partial charge in [-0.15, -0.1) is 11.3 Å². The van der Waals surface area contributed by atoms with Crippen molar-refractivity contribution >= 4 is 17.3 Å². The van der Waals surface area contributed by atoms with E-state index in [2.05, 4.69) is 11.4 Å². The highest BCUT2D eigenvalue weighted by Gasteiger charge is 2.13. The number of thiophene rings is 1. The summed E-state index contributed by atoms with van der Waals surface area (Å²) >= 11 is 1.26. The summed E-state index contributed by atoms with van der Waals surface area (Å²) in [5.41, 5.74) is 3.29. The van der Waals surface area contributed by atoms with Crippen LogP contribution in [0.4, 0.5) is 0 Å². The van der Waals surface area contributed by atoms with Gasteiger partial charge in [0.1, 0.15) is 10.6 Å². The molecule has 0 saturated heterocycles. The van der Waals surface area contributed by atoms with E-state index in [0.717, 1.165) is 30.9 Å². The lowest BCUT2D eigenvalue weighted by Crippen LogP contribution is -2.14. The van der Waals surface area contributed by atoms with Crippen LogP contribution in [-0.4, -0.2) is 17.7 Å². The first kappa shape index (κ1) is 13.1. The average Bonchev–Trinajstić information content (AvgIpc) is 3.06. The molecule has 4 nitrogen and oxygen atoms in total. The number of carbonyl (C=O) groups is 1. The van der Waals surface area contributed by atoms with Crippen molar-refractivity contribution in [2.24, 2.45) is 0 Å². The highest BCUT2D eigenvalue weighted by Crippen LogP contribution is 2.25. The predicted octanol–water partition coefficient (Wildman–Crippen LogP) is 2.67. The van der Waals surface area contributed by atoms with Crippen LogP contribution >= 0.6 is 11.3 Å². The SMILES string of the molecule is O=C(O)c1sccc1CNCc1ccc2c(c1)CCO2. The Balaban J connectivity index is 1.60. The number of aromatic carboxylic acids is 1. The molecule has 0 atom stereocenters. The predicted molar refractivity (Wildman–Crippen MR) is 77.5 cm³/mol. The summed E-state index contributed by atoms with van der Waals surface area (Å²) in [5.74, 6) is 0.131. The highest BCUT2D eigenvalue weighted by atomic mass is 32.1. The standard InChI is InChI=1S/C15H15NO3S/c17-15(18)14-12(4-6-20-14)9-16-8-10-1-2-13-11(7-10)3-5-19-13/h1-2,4,6-7,16H,3,5,8-9H2,(H,17,18). The number of carboxylic acid groups (broad SMARTS) is 1. The third kappa shape index (κ3) is 2.69. The summed E-state index contributed by atoms with van der Waals surface area (Å²) in [7, 11) is 0. The summed E-state index contributed by atoms with van der Waals surface area (Å²) in [6.07, 6.45) is 0.969. The normalized spacial score (nSPS) is 13.0. The van der Waals surface area contributed by atoms with Crippen LogP contribution in [0.25, 0.3) is 0 Å². The molecule has 1 aromatic heterocycles. The lowest BCUT2D eigenvalue weighted by atomic mass is 10.1. The van der Waals surface area contributed by atoms with Crippen molar-refractivity contribution in [1.29, 1.82) is 0 Å². The summed E-state index contributed by atoms with van der Waals surface area (Å²) < 4.78 is 5.47. The van der Waals surface area contributed by atoms with Gasteiger partial charge in [0.05, 0.1) is 6.61 Å². The molecule has 0 amide bonds. The van der Waals surface area contributed by atoms with Crippen LogP contribution in [0, 0.1) is 0 Å². The van der Waals surface area contributed by atoms with Gasteiger partial charge < -0.3 is 15.2 Å². The Morgan fingerprint density at radius 1 is 1.35 bits per heavy atom. The molecule has 0 aliphatic carbocycles. The van der Waals surface area contributed by atoms with E-state index in [0.29, 0.717) is 11.4 Å². The zero-order valence-electron chi connectivity index (χ0n) is 10.9. The fourth-order valence-electron chi connectivity index (χ4n) is 2.35. The molecular formula is C15H15NO3S. The van der Waals surface area contributed by atoms with E-state index < -0.39 is 5.97 Å². The monoisotopic (exact) mass is 289 g/mol. The lowest BCUT2D eigenvalue weighted by molar-refractivity contribution is 0.0701. The Hall–Kier alpha value is -1.85. The molecule has 2 N–H and O–H groups in total. The minimum atomic E-state index is -0.855. The Labute approximate surface area is 121 Å². The van der Waals surface area contributed by atoms with E-state index in [1.54, 1.807) is 0 Å².